The van der Waals surface area contributed by atoms with E-state index < -0.39 is 0 Å². The molecule has 1 aromatic carbocycles. The zero-order valence-corrected chi connectivity index (χ0v) is 12.0. The Labute approximate surface area is 115 Å². The molecule has 1 aromatic rings. The van der Waals surface area contributed by atoms with Gasteiger partial charge in [-0.2, -0.15) is 5.26 Å². The summed E-state index contributed by atoms with van der Waals surface area (Å²) in [5, 5.41) is 8.72. The number of fused-ring (bicyclic) bond motifs is 1. The molecule has 3 nitrogen and oxygen atoms in total. The van der Waals surface area contributed by atoms with Gasteiger partial charge in [0.1, 0.15) is 11.9 Å². The first-order valence-electron chi connectivity index (χ1n) is 6.97. The summed E-state index contributed by atoms with van der Waals surface area (Å²) < 4.78 is 6.00. The average Bonchev–Trinajstić information content (AvgIpc) is 2.75. The smallest absolute Gasteiger partial charge is 0.123 e. The van der Waals surface area contributed by atoms with Crippen LogP contribution in [0.1, 0.15) is 31.4 Å². The highest BCUT2D eigenvalue weighted by atomic mass is 16.5. The minimum absolute atomic E-state index is 0.220. The summed E-state index contributed by atoms with van der Waals surface area (Å²) in [6.07, 6.45) is 1.78. The fourth-order valence-corrected chi connectivity index (χ4v) is 2.57. The van der Waals surface area contributed by atoms with E-state index in [1.165, 1.54) is 11.1 Å². The first kappa shape index (κ1) is 13.9. The monoisotopic (exact) mass is 258 g/mol. The maximum atomic E-state index is 8.72. The highest BCUT2D eigenvalue weighted by molar-refractivity contribution is 5.40. The Morgan fingerprint density at radius 1 is 1.47 bits per heavy atom. The number of nitriles is 1. The van der Waals surface area contributed by atoms with Crippen LogP contribution in [0, 0.1) is 18.3 Å². The summed E-state index contributed by atoms with van der Waals surface area (Å²) in [5.74, 6) is 1.03. The van der Waals surface area contributed by atoms with E-state index in [-0.39, 0.29) is 6.10 Å². The van der Waals surface area contributed by atoms with Gasteiger partial charge < -0.3 is 4.74 Å². The van der Waals surface area contributed by atoms with Crippen molar-refractivity contribution in [3.05, 3.63) is 29.3 Å². The Balaban J connectivity index is 1.96. The summed E-state index contributed by atoms with van der Waals surface area (Å²) in [6.45, 7) is 8.17. The van der Waals surface area contributed by atoms with Crippen molar-refractivity contribution in [3.63, 3.8) is 0 Å². The van der Waals surface area contributed by atoms with Crippen molar-refractivity contribution in [2.45, 2.75) is 45.8 Å². The second kappa shape index (κ2) is 6.08. The zero-order valence-electron chi connectivity index (χ0n) is 12.0. The van der Waals surface area contributed by atoms with Crippen LogP contribution < -0.4 is 4.74 Å². The van der Waals surface area contributed by atoms with E-state index in [2.05, 4.69) is 49.9 Å². The Bertz CT molecular complexity index is 476. The van der Waals surface area contributed by atoms with Crippen LogP contribution in [-0.2, 0) is 6.42 Å². The third kappa shape index (κ3) is 3.48. The van der Waals surface area contributed by atoms with E-state index in [0.29, 0.717) is 12.5 Å². The van der Waals surface area contributed by atoms with Crippen molar-refractivity contribution in [3.8, 4) is 11.8 Å². The number of nitrogens with zero attached hydrogens (tertiary/aromatic N) is 2. The summed E-state index contributed by atoms with van der Waals surface area (Å²) in [6, 6.07) is 9.04. The van der Waals surface area contributed by atoms with Crippen LogP contribution in [0.2, 0.25) is 0 Å². The highest BCUT2D eigenvalue weighted by Gasteiger charge is 2.25. The van der Waals surface area contributed by atoms with Gasteiger partial charge in [0.05, 0.1) is 6.07 Å². The van der Waals surface area contributed by atoms with Crippen LogP contribution in [0.4, 0.5) is 0 Å². The maximum absolute atomic E-state index is 8.72. The lowest BCUT2D eigenvalue weighted by Crippen LogP contribution is -2.39. The van der Waals surface area contributed by atoms with E-state index in [4.69, 9.17) is 10.00 Å². The normalized spacial score (nSPS) is 17.4. The van der Waals surface area contributed by atoms with Crippen LogP contribution >= 0.6 is 0 Å². The van der Waals surface area contributed by atoms with Crippen molar-refractivity contribution in [2.75, 3.05) is 13.1 Å². The number of hydrogen-bond donors (Lipinski definition) is 0. The third-order valence-corrected chi connectivity index (χ3v) is 3.64. The molecule has 0 saturated heterocycles. The molecule has 1 aliphatic heterocycles. The predicted octanol–water partition coefficient (Wildman–Crippen LogP) is 2.92. The largest absolute Gasteiger partial charge is 0.488 e. The molecule has 0 fully saturated rings. The van der Waals surface area contributed by atoms with E-state index in [1.807, 2.05) is 0 Å². The molecule has 19 heavy (non-hydrogen) atoms. The van der Waals surface area contributed by atoms with Gasteiger partial charge in [0.25, 0.3) is 0 Å². The minimum atomic E-state index is 0.220. The number of aryl methyl sites for hydroxylation is 1. The number of rotatable bonds is 5. The molecule has 0 spiro atoms. The molecule has 2 rings (SSSR count). The van der Waals surface area contributed by atoms with Crippen LogP contribution in [-0.4, -0.2) is 30.1 Å². The third-order valence-electron chi connectivity index (χ3n) is 3.64. The van der Waals surface area contributed by atoms with Gasteiger partial charge in [-0.25, -0.2) is 0 Å². The molecule has 0 N–H and O–H groups in total. The fourth-order valence-electron chi connectivity index (χ4n) is 2.57. The van der Waals surface area contributed by atoms with Gasteiger partial charge in [-0.05, 0) is 32.4 Å². The molecule has 0 bridgehead atoms. The van der Waals surface area contributed by atoms with E-state index >= 15 is 0 Å². The van der Waals surface area contributed by atoms with Gasteiger partial charge in [0, 0.05) is 32.0 Å². The van der Waals surface area contributed by atoms with E-state index in [1.54, 1.807) is 0 Å². The Morgan fingerprint density at radius 3 is 2.95 bits per heavy atom. The van der Waals surface area contributed by atoms with E-state index in [0.717, 1.165) is 25.3 Å². The summed E-state index contributed by atoms with van der Waals surface area (Å²) in [7, 11) is 0. The van der Waals surface area contributed by atoms with Crippen molar-refractivity contribution >= 4 is 0 Å². The number of hydrogen-bond acceptors (Lipinski definition) is 3. The fraction of sp³-hybridized carbons (Fsp3) is 0.562. The SMILES string of the molecule is Cc1ccc2c(c1)CC(CN(CCC#N)C(C)C)O2. The van der Waals surface area contributed by atoms with Gasteiger partial charge in [0.2, 0.25) is 0 Å². The molecule has 0 radical (unpaired) electrons. The molecule has 1 aliphatic rings. The number of ether oxygens (including phenoxy) is 1. The summed E-state index contributed by atoms with van der Waals surface area (Å²) >= 11 is 0. The molecule has 0 amide bonds. The maximum Gasteiger partial charge on any atom is 0.123 e. The summed E-state index contributed by atoms with van der Waals surface area (Å²) in [4.78, 5) is 2.33. The van der Waals surface area contributed by atoms with Gasteiger partial charge in [-0.1, -0.05) is 17.7 Å². The first-order chi connectivity index (χ1) is 9.10. The van der Waals surface area contributed by atoms with Crippen molar-refractivity contribution in [1.29, 1.82) is 5.26 Å². The zero-order chi connectivity index (χ0) is 13.8. The highest BCUT2D eigenvalue weighted by Crippen LogP contribution is 2.30. The van der Waals surface area contributed by atoms with Gasteiger partial charge in [-0.3, -0.25) is 4.90 Å². The molecule has 0 saturated carbocycles. The second-order valence-electron chi connectivity index (χ2n) is 5.55. The minimum Gasteiger partial charge on any atom is -0.488 e. The second-order valence-corrected chi connectivity index (χ2v) is 5.55. The molecule has 3 heteroatoms. The van der Waals surface area contributed by atoms with Crippen LogP contribution in [0.25, 0.3) is 0 Å². The molecule has 102 valence electrons. The number of benzene rings is 1. The lowest BCUT2D eigenvalue weighted by molar-refractivity contribution is 0.129. The molecular weight excluding hydrogens is 236 g/mol. The van der Waals surface area contributed by atoms with Crippen LogP contribution in [0.15, 0.2) is 18.2 Å². The Hall–Kier alpha value is -1.53. The standard InChI is InChI=1S/C16H22N2O/c1-12(2)18(8-4-7-17)11-15-10-14-9-13(3)5-6-16(14)19-15/h5-6,9,12,15H,4,8,10-11H2,1-3H3. The summed E-state index contributed by atoms with van der Waals surface area (Å²) in [5.41, 5.74) is 2.60. The average molecular weight is 258 g/mol. The molecule has 1 heterocycles. The lowest BCUT2D eigenvalue weighted by Gasteiger charge is -2.28. The quantitative estimate of drug-likeness (QED) is 0.814. The van der Waals surface area contributed by atoms with Crippen molar-refractivity contribution < 1.29 is 4.74 Å². The van der Waals surface area contributed by atoms with E-state index in [9.17, 15) is 0 Å². The molecule has 0 aromatic heterocycles. The Morgan fingerprint density at radius 2 is 2.26 bits per heavy atom. The molecule has 1 unspecified atom stereocenters. The van der Waals surface area contributed by atoms with Gasteiger partial charge >= 0.3 is 0 Å². The van der Waals surface area contributed by atoms with Crippen LogP contribution in [0.5, 0.6) is 5.75 Å². The van der Waals surface area contributed by atoms with Crippen molar-refractivity contribution in [2.24, 2.45) is 0 Å². The lowest BCUT2D eigenvalue weighted by atomic mass is 10.1. The predicted molar refractivity (Wildman–Crippen MR) is 76.2 cm³/mol. The first-order valence-corrected chi connectivity index (χ1v) is 6.97. The van der Waals surface area contributed by atoms with Gasteiger partial charge in [-0.15, -0.1) is 0 Å². The Kier molecular flexibility index (Phi) is 4.44. The van der Waals surface area contributed by atoms with Gasteiger partial charge in [0.15, 0.2) is 0 Å². The van der Waals surface area contributed by atoms with Crippen molar-refractivity contribution in [1.82, 2.24) is 4.90 Å². The molecule has 0 aliphatic carbocycles. The molecular formula is C16H22N2O. The topological polar surface area (TPSA) is 36.3 Å². The molecule has 1 atom stereocenters. The van der Waals surface area contributed by atoms with Crippen LogP contribution in [0.3, 0.4) is 0 Å².